The molecule has 0 fully saturated rings. The van der Waals surface area contributed by atoms with E-state index in [0.29, 0.717) is 5.69 Å². The van der Waals surface area contributed by atoms with Crippen molar-refractivity contribution in [3.8, 4) is 0 Å². The van der Waals surface area contributed by atoms with Crippen LogP contribution in [0.1, 0.15) is 33.3 Å². The minimum Gasteiger partial charge on any atom is -0.280 e. The van der Waals surface area contributed by atoms with Gasteiger partial charge in [-0.25, -0.2) is 16.8 Å². The van der Waals surface area contributed by atoms with E-state index >= 15 is 0 Å². The Morgan fingerprint density at radius 1 is 0.800 bits per heavy atom. The van der Waals surface area contributed by atoms with E-state index in [4.69, 9.17) is 0 Å². The highest BCUT2D eigenvalue weighted by atomic mass is 32.2. The van der Waals surface area contributed by atoms with Crippen LogP contribution in [0.5, 0.6) is 0 Å². The second-order valence-electron chi connectivity index (χ2n) is 6.81. The molecule has 0 aliphatic rings. The number of rotatable bonds is 5. The van der Waals surface area contributed by atoms with Crippen LogP contribution in [0, 0.1) is 0 Å². The fraction of sp³-hybridized carbons (Fsp3) is 0.333. The first-order chi connectivity index (χ1) is 11.5. The smallest absolute Gasteiger partial charge is 0.261 e. The lowest BCUT2D eigenvalue weighted by Gasteiger charge is -2.19. The fourth-order valence-electron chi connectivity index (χ4n) is 2.25. The van der Waals surface area contributed by atoms with E-state index in [1.807, 2.05) is 0 Å². The van der Waals surface area contributed by atoms with E-state index in [9.17, 15) is 16.8 Å². The third-order valence-electron chi connectivity index (χ3n) is 3.88. The highest BCUT2D eigenvalue weighted by molar-refractivity contribution is 7.92. The SMILES string of the molecule is CCS(=O)(=O)c1ccc(NS(=O)(=O)c2ccc(C(C)(C)C)cc2)cc1. The molecular formula is C18H23NO4S2. The molecule has 0 aliphatic heterocycles. The Hall–Kier alpha value is -1.86. The zero-order valence-electron chi connectivity index (χ0n) is 14.8. The lowest BCUT2D eigenvalue weighted by atomic mass is 9.87. The standard InChI is InChI=1S/C18H23NO4S2/c1-5-24(20,21)16-12-8-15(9-13-16)19-25(22,23)17-10-6-14(7-11-17)18(2,3)4/h6-13,19H,5H2,1-4H3. The third-order valence-corrected chi connectivity index (χ3v) is 7.02. The van der Waals surface area contributed by atoms with Crippen LogP contribution in [0.25, 0.3) is 0 Å². The summed E-state index contributed by atoms with van der Waals surface area (Å²) in [5.74, 6) is -0.00179. The van der Waals surface area contributed by atoms with Crippen molar-refractivity contribution in [2.24, 2.45) is 0 Å². The Bertz CT molecular complexity index is 938. The second-order valence-corrected chi connectivity index (χ2v) is 10.8. The molecule has 25 heavy (non-hydrogen) atoms. The molecule has 0 unspecified atom stereocenters. The van der Waals surface area contributed by atoms with Gasteiger partial charge < -0.3 is 0 Å². The van der Waals surface area contributed by atoms with Gasteiger partial charge in [0.2, 0.25) is 0 Å². The van der Waals surface area contributed by atoms with E-state index in [1.165, 1.54) is 24.3 Å². The van der Waals surface area contributed by atoms with Crippen LogP contribution in [0.2, 0.25) is 0 Å². The zero-order chi connectivity index (χ0) is 18.9. The van der Waals surface area contributed by atoms with Gasteiger partial charge in [-0.1, -0.05) is 39.8 Å². The molecule has 0 aliphatic carbocycles. The topological polar surface area (TPSA) is 80.3 Å². The molecule has 7 heteroatoms. The number of sulfone groups is 1. The predicted octanol–water partition coefficient (Wildman–Crippen LogP) is 3.58. The molecule has 136 valence electrons. The van der Waals surface area contributed by atoms with Crippen LogP contribution < -0.4 is 4.72 Å². The number of hydrogen-bond acceptors (Lipinski definition) is 4. The summed E-state index contributed by atoms with van der Waals surface area (Å²) < 4.78 is 51.0. The van der Waals surface area contributed by atoms with Crippen molar-refractivity contribution in [3.05, 3.63) is 54.1 Å². The summed E-state index contributed by atoms with van der Waals surface area (Å²) in [7, 11) is -7.04. The molecule has 0 saturated heterocycles. The summed E-state index contributed by atoms with van der Waals surface area (Å²) in [5.41, 5.74) is 1.30. The lowest BCUT2D eigenvalue weighted by molar-refractivity contribution is 0.587. The lowest BCUT2D eigenvalue weighted by Crippen LogP contribution is -2.15. The van der Waals surface area contributed by atoms with Crippen LogP contribution in [-0.4, -0.2) is 22.6 Å². The van der Waals surface area contributed by atoms with Crippen molar-refractivity contribution in [2.75, 3.05) is 10.5 Å². The van der Waals surface area contributed by atoms with Crippen LogP contribution in [0.4, 0.5) is 5.69 Å². The van der Waals surface area contributed by atoms with Gasteiger partial charge in [0.1, 0.15) is 0 Å². The normalized spacial score (nSPS) is 12.8. The van der Waals surface area contributed by atoms with Crippen molar-refractivity contribution in [1.29, 1.82) is 0 Å². The van der Waals surface area contributed by atoms with Crippen LogP contribution >= 0.6 is 0 Å². The first kappa shape index (κ1) is 19.5. The Kier molecular flexibility index (Phi) is 5.30. The molecule has 0 radical (unpaired) electrons. The summed E-state index contributed by atoms with van der Waals surface area (Å²) in [6.07, 6.45) is 0. The van der Waals surface area contributed by atoms with Gasteiger partial charge in [-0.2, -0.15) is 0 Å². The fourth-order valence-corrected chi connectivity index (χ4v) is 4.19. The number of hydrogen-bond donors (Lipinski definition) is 1. The molecule has 0 bridgehead atoms. The summed E-state index contributed by atoms with van der Waals surface area (Å²) >= 11 is 0. The molecule has 0 amide bonds. The van der Waals surface area contributed by atoms with Gasteiger partial charge in [-0.3, -0.25) is 4.72 Å². The van der Waals surface area contributed by atoms with Crippen molar-refractivity contribution >= 4 is 25.5 Å². The Morgan fingerprint density at radius 2 is 1.28 bits per heavy atom. The minimum absolute atomic E-state index is 0.00179. The number of anilines is 1. The minimum atomic E-state index is -3.73. The van der Waals surface area contributed by atoms with Crippen LogP contribution in [-0.2, 0) is 25.3 Å². The van der Waals surface area contributed by atoms with Crippen LogP contribution in [0.3, 0.4) is 0 Å². The molecule has 2 aromatic rings. The molecule has 0 saturated carbocycles. The van der Waals surface area contributed by atoms with Crippen molar-refractivity contribution in [2.45, 2.75) is 42.9 Å². The van der Waals surface area contributed by atoms with E-state index in [-0.39, 0.29) is 21.0 Å². The van der Waals surface area contributed by atoms with Gasteiger partial charge in [-0.05, 0) is 47.4 Å². The molecule has 5 nitrogen and oxygen atoms in total. The number of nitrogens with one attached hydrogen (secondary N) is 1. The highest BCUT2D eigenvalue weighted by Crippen LogP contribution is 2.24. The summed E-state index contributed by atoms with van der Waals surface area (Å²) in [6.45, 7) is 7.73. The van der Waals surface area contributed by atoms with Crippen molar-refractivity contribution < 1.29 is 16.8 Å². The van der Waals surface area contributed by atoms with E-state index in [0.717, 1.165) is 5.56 Å². The van der Waals surface area contributed by atoms with Gasteiger partial charge >= 0.3 is 0 Å². The Balaban J connectivity index is 2.24. The molecule has 2 rings (SSSR count). The van der Waals surface area contributed by atoms with Gasteiger partial charge in [0.05, 0.1) is 15.5 Å². The molecule has 1 N–H and O–H groups in total. The molecule has 0 spiro atoms. The molecule has 2 aromatic carbocycles. The quantitative estimate of drug-likeness (QED) is 0.858. The number of benzene rings is 2. The monoisotopic (exact) mass is 381 g/mol. The number of sulfonamides is 1. The highest BCUT2D eigenvalue weighted by Gasteiger charge is 2.18. The van der Waals surface area contributed by atoms with E-state index in [2.05, 4.69) is 25.5 Å². The summed E-state index contributed by atoms with van der Waals surface area (Å²) in [6, 6.07) is 12.4. The van der Waals surface area contributed by atoms with Gasteiger partial charge in [0.25, 0.3) is 10.0 Å². The van der Waals surface area contributed by atoms with Gasteiger partial charge in [0.15, 0.2) is 9.84 Å². The average molecular weight is 382 g/mol. The maximum absolute atomic E-state index is 12.5. The maximum Gasteiger partial charge on any atom is 0.261 e. The Labute approximate surface area is 150 Å². The van der Waals surface area contributed by atoms with E-state index < -0.39 is 19.9 Å². The second kappa shape index (κ2) is 6.80. The van der Waals surface area contributed by atoms with Gasteiger partial charge in [0, 0.05) is 5.69 Å². The molecule has 0 aromatic heterocycles. The maximum atomic E-state index is 12.5. The summed E-state index contributed by atoms with van der Waals surface area (Å²) in [4.78, 5) is 0.332. The van der Waals surface area contributed by atoms with Crippen molar-refractivity contribution in [3.63, 3.8) is 0 Å². The molecule has 0 atom stereocenters. The molecule has 0 heterocycles. The Morgan fingerprint density at radius 3 is 1.72 bits per heavy atom. The average Bonchev–Trinajstić information content (AvgIpc) is 2.54. The van der Waals surface area contributed by atoms with Gasteiger partial charge in [-0.15, -0.1) is 0 Å². The van der Waals surface area contributed by atoms with E-state index in [1.54, 1.807) is 31.2 Å². The van der Waals surface area contributed by atoms with Crippen LogP contribution in [0.15, 0.2) is 58.3 Å². The largest absolute Gasteiger partial charge is 0.280 e. The first-order valence-electron chi connectivity index (χ1n) is 7.92. The first-order valence-corrected chi connectivity index (χ1v) is 11.1. The third kappa shape index (κ3) is 4.61. The summed E-state index contributed by atoms with van der Waals surface area (Å²) in [5, 5.41) is 0. The van der Waals surface area contributed by atoms with Crippen molar-refractivity contribution in [1.82, 2.24) is 0 Å². The molecular weight excluding hydrogens is 358 g/mol. The predicted molar refractivity (Wildman–Crippen MR) is 100 cm³/mol. The zero-order valence-corrected chi connectivity index (χ0v) is 16.4.